The first kappa shape index (κ1) is 15.2. The van der Waals surface area contributed by atoms with Gasteiger partial charge in [-0.25, -0.2) is 0 Å². The molecule has 0 heterocycles. The van der Waals surface area contributed by atoms with Crippen molar-refractivity contribution in [3.05, 3.63) is 29.3 Å². The SMILES string of the molecule is CCCOc1ccc(C(=O)CCC(=O)O)c(CC)c1. The molecule has 0 amide bonds. The van der Waals surface area contributed by atoms with E-state index in [0.29, 0.717) is 12.2 Å². The van der Waals surface area contributed by atoms with Crippen molar-refractivity contribution in [1.29, 1.82) is 0 Å². The van der Waals surface area contributed by atoms with E-state index < -0.39 is 5.97 Å². The summed E-state index contributed by atoms with van der Waals surface area (Å²) >= 11 is 0. The zero-order valence-corrected chi connectivity index (χ0v) is 11.4. The Morgan fingerprint density at radius 3 is 2.53 bits per heavy atom. The molecule has 4 nitrogen and oxygen atoms in total. The number of hydrogen-bond donors (Lipinski definition) is 1. The molecule has 104 valence electrons. The van der Waals surface area contributed by atoms with Gasteiger partial charge in [0.1, 0.15) is 5.75 Å². The number of ketones is 1. The van der Waals surface area contributed by atoms with Crippen LogP contribution in [0.2, 0.25) is 0 Å². The third kappa shape index (κ3) is 4.73. The molecule has 0 bridgehead atoms. The fourth-order valence-corrected chi connectivity index (χ4v) is 1.80. The molecule has 0 aliphatic rings. The van der Waals surface area contributed by atoms with Crippen molar-refractivity contribution in [1.82, 2.24) is 0 Å². The Kier molecular flexibility index (Phi) is 6.06. The monoisotopic (exact) mass is 264 g/mol. The van der Waals surface area contributed by atoms with E-state index in [2.05, 4.69) is 0 Å². The lowest BCUT2D eigenvalue weighted by atomic mass is 9.98. The molecule has 1 aromatic rings. The minimum absolute atomic E-state index is 0.0392. The molecule has 0 saturated carbocycles. The highest BCUT2D eigenvalue weighted by molar-refractivity contribution is 5.98. The molecule has 1 rings (SSSR count). The Morgan fingerprint density at radius 2 is 1.95 bits per heavy atom. The summed E-state index contributed by atoms with van der Waals surface area (Å²) in [4.78, 5) is 22.4. The maximum absolute atomic E-state index is 12.0. The van der Waals surface area contributed by atoms with Crippen LogP contribution in [0.4, 0.5) is 0 Å². The molecule has 0 saturated heterocycles. The molecule has 1 aromatic carbocycles. The Bertz CT molecular complexity index is 451. The normalized spacial score (nSPS) is 10.2. The van der Waals surface area contributed by atoms with E-state index in [-0.39, 0.29) is 18.6 Å². The van der Waals surface area contributed by atoms with E-state index in [1.807, 2.05) is 19.9 Å². The largest absolute Gasteiger partial charge is 0.494 e. The van der Waals surface area contributed by atoms with E-state index in [4.69, 9.17) is 9.84 Å². The van der Waals surface area contributed by atoms with Crippen LogP contribution in [0, 0.1) is 0 Å². The zero-order chi connectivity index (χ0) is 14.3. The van der Waals surface area contributed by atoms with Crippen LogP contribution in [0.1, 0.15) is 49.0 Å². The molecule has 1 N–H and O–H groups in total. The Balaban J connectivity index is 2.82. The second-order valence-electron chi connectivity index (χ2n) is 4.34. The number of benzene rings is 1. The van der Waals surface area contributed by atoms with Gasteiger partial charge < -0.3 is 9.84 Å². The summed E-state index contributed by atoms with van der Waals surface area (Å²) in [6.07, 6.45) is 1.56. The van der Waals surface area contributed by atoms with Gasteiger partial charge in [-0.1, -0.05) is 13.8 Å². The Hall–Kier alpha value is -1.84. The zero-order valence-electron chi connectivity index (χ0n) is 11.4. The van der Waals surface area contributed by atoms with Crippen molar-refractivity contribution in [2.45, 2.75) is 39.5 Å². The first-order chi connectivity index (χ1) is 9.08. The number of ether oxygens (including phenoxy) is 1. The molecular weight excluding hydrogens is 244 g/mol. The number of hydrogen-bond acceptors (Lipinski definition) is 3. The average molecular weight is 264 g/mol. The number of carboxylic acids is 1. The number of Topliss-reactive ketones (excluding diaryl/α,β-unsaturated/α-hetero) is 1. The second-order valence-corrected chi connectivity index (χ2v) is 4.34. The lowest BCUT2D eigenvalue weighted by Gasteiger charge is -2.10. The molecule has 0 unspecified atom stereocenters. The summed E-state index contributed by atoms with van der Waals surface area (Å²) in [5, 5.41) is 8.60. The van der Waals surface area contributed by atoms with Crippen molar-refractivity contribution in [3.8, 4) is 5.75 Å². The Labute approximate surface area is 113 Å². The molecule has 0 atom stereocenters. The number of aliphatic carboxylic acids is 1. The summed E-state index contributed by atoms with van der Waals surface area (Å²) < 4.78 is 5.53. The third-order valence-corrected chi connectivity index (χ3v) is 2.80. The van der Waals surface area contributed by atoms with Crippen LogP contribution in [0.25, 0.3) is 0 Å². The van der Waals surface area contributed by atoms with Gasteiger partial charge in [-0.3, -0.25) is 9.59 Å². The van der Waals surface area contributed by atoms with Gasteiger partial charge >= 0.3 is 5.97 Å². The Morgan fingerprint density at radius 1 is 1.21 bits per heavy atom. The lowest BCUT2D eigenvalue weighted by molar-refractivity contribution is -0.136. The highest BCUT2D eigenvalue weighted by atomic mass is 16.5. The maximum atomic E-state index is 12.0. The van der Waals surface area contributed by atoms with E-state index in [0.717, 1.165) is 24.2 Å². The fraction of sp³-hybridized carbons (Fsp3) is 0.467. The van der Waals surface area contributed by atoms with Gasteiger partial charge in [0.2, 0.25) is 0 Å². The molecule has 19 heavy (non-hydrogen) atoms. The predicted octanol–water partition coefficient (Wildman–Crippen LogP) is 3.09. The standard InChI is InChI=1S/C15H20O4/c1-3-9-19-12-5-6-13(11(4-2)10-12)14(16)7-8-15(17)18/h5-6,10H,3-4,7-9H2,1-2H3,(H,17,18). The molecule has 0 radical (unpaired) electrons. The smallest absolute Gasteiger partial charge is 0.303 e. The first-order valence-electron chi connectivity index (χ1n) is 6.59. The maximum Gasteiger partial charge on any atom is 0.303 e. The quantitative estimate of drug-likeness (QED) is 0.733. The average Bonchev–Trinajstić information content (AvgIpc) is 2.42. The molecule has 0 spiro atoms. The number of carbonyl (C=O) groups excluding carboxylic acids is 1. The van der Waals surface area contributed by atoms with Crippen molar-refractivity contribution >= 4 is 11.8 Å². The van der Waals surface area contributed by atoms with Crippen molar-refractivity contribution < 1.29 is 19.4 Å². The molecule has 0 aromatic heterocycles. The number of rotatable bonds is 8. The summed E-state index contributed by atoms with van der Waals surface area (Å²) in [7, 11) is 0. The highest BCUT2D eigenvalue weighted by Gasteiger charge is 2.13. The summed E-state index contributed by atoms with van der Waals surface area (Å²) in [5.41, 5.74) is 1.51. The minimum atomic E-state index is -0.950. The summed E-state index contributed by atoms with van der Waals surface area (Å²) in [5.74, 6) is -0.316. The molecule has 0 fully saturated rings. The van der Waals surface area contributed by atoms with Gasteiger partial charge in [-0.05, 0) is 36.6 Å². The van der Waals surface area contributed by atoms with Crippen LogP contribution in [0.15, 0.2) is 18.2 Å². The second kappa shape index (κ2) is 7.56. The van der Waals surface area contributed by atoms with E-state index in [1.54, 1.807) is 12.1 Å². The molecule has 0 aliphatic carbocycles. The van der Waals surface area contributed by atoms with Crippen LogP contribution in [-0.4, -0.2) is 23.5 Å². The van der Waals surface area contributed by atoms with Crippen molar-refractivity contribution in [3.63, 3.8) is 0 Å². The lowest BCUT2D eigenvalue weighted by Crippen LogP contribution is -2.07. The number of carboxylic acid groups (broad SMARTS) is 1. The van der Waals surface area contributed by atoms with Crippen LogP contribution >= 0.6 is 0 Å². The summed E-state index contributed by atoms with van der Waals surface area (Å²) in [6.45, 7) is 4.65. The van der Waals surface area contributed by atoms with Gasteiger partial charge in [0.25, 0.3) is 0 Å². The number of aryl methyl sites for hydroxylation is 1. The third-order valence-electron chi connectivity index (χ3n) is 2.80. The molecular formula is C15H20O4. The molecule has 0 aliphatic heterocycles. The summed E-state index contributed by atoms with van der Waals surface area (Å²) in [6, 6.07) is 5.36. The first-order valence-corrected chi connectivity index (χ1v) is 6.59. The molecule has 4 heteroatoms. The highest BCUT2D eigenvalue weighted by Crippen LogP contribution is 2.20. The minimum Gasteiger partial charge on any atom is -0.494 e. The van der Waals surface area contributed by atoms with Crippen LogP contribution in [-0.2, 0) is 11.2 Å². The van der Waals surface area contributed by atoms with Gasteiger partial charge in [0.05, 0.1) is 13.0 Å². The topological polar surface area (TPSA) is 63.6 Å². The number of carbonyl (C=O) groups is 2. The van der Waals surface area contributed by atoms with Gasteiger partial charge in [-0.2, -0.15) is 0 Å². The van der Waals surface area contributed by atoms with E-state index in [1.165, 1.54) is 0 Å². The van der Waals surface area contributed by atoms with Crippen molar-refractivity contribution in [2.24, 2.45) is 0 Å². The van der Waals surface area contributed by atoms with Crippen LogP contribution < -0.4 is 4.74 Å². The predicted molar refractivity (Wildman–Crippen MR) is 72.8 cm³/mol. The van der Waals surface area contributed by atoms with E-state index >= 15 is 0 Å². The van der Waals surface area contributed by atoms with Crippen LogP contribution in [0.5, 0.6) is 5.75 Å². The van der Waals surface area contributed by atoms with Crippen molar-refractivity contribution in [2.75, 3.05) is 6.61 Å². The van der Waals surface area contributed by atoms with Gasteiger partial charge in [0, 0.05) is 12.0 Å². The fourth-order valence-electron chi connectivity index (χ4n) is 1.80. The van der Waals surface area contributed by atoms with Gasteiger partial charge in [0.15, 0.2) is 5.78 Å². The van der Waals surface area contributed by atoms with Gasteiger partial charge in [-0.15, -0.1) is 0 Å². The van der Waals surface area contributed by atoms with E-state index in [9.17, 15) is 9.59 Å². The van der Waals surface area contributed by atoms with Crippen LogP contribution in [0.3, 0.4) is 0 Å².